The summed E-state index contributed by atoms with van der Waals surface area (Å²) in [5, 5.41) is 4.72. The second-order valence-electron chi connectivity index (χ2n) is 7.58. The first-order valence-electron chi connectivity index (χ1n) is 10.1. The van der Waals surface area contributed by atoms with E-state index in [9.17, 15) is 22.8 Å². The molecule has 13 heteroatoms. The molecule has 0 atom stereocenters. The molecule has 0 aliphatic rings. The maximum absolute atomic E-state index is 14.0. The lowest BCUT2D eigenvalue weighted by Crippen LogP contribution is -2.39. The van der Waals surface area contributed by atoms with Gasteiger partial charge >= 0.3 is 5.69 Å². The number of pyridine rings is 1. The van der Waals surface area contributed by atoms with E-state index in [1.165, 1.54) is 42.5 Å². The van der Waals surface area contributed by atoms with Gasteiger partial charge in [0.1, 0.15) is 4.70 Å². The van der Waals surface area contributed by atoms with Gasteiger partial charge in [0.2, 0.25) is 0 Å². The quantitative estimate of drug-likeness (QED) is 0.346. The molecule has 0 aliphatic carbocycles. The molecule has 4 heterocycles. The predicted molar refractivity (Wildman–Crippen MR) is 127 cm³/mol. The number of methoxy groups -OCH3 is 1. The van der Waals surface area contributed by atoms with E-state index in [-0.39, 0.29) is 26.7 Å². The van der Waals surface area contributed by atoms with Gasteiger partial charge in [0.15, 0.2) is 11.6 Å². The zero-order valence-corrected chi connectivity index (χ0v) is 19.7. The van der Waals surface area contributed by atoms with Crippen LogP contribution in [0.1, 0.15) is 0 Å². The van der Waals surface area contributed by atoms with Gasteiger partial charge in [-0.05, 0) is 18.2 Å². The Balaban J connectivity index is 1.86. The molecule has 8 nitrogen and oxygen atoms in total. The number of thiophene rings is 1. The van der Waals surface area contributed by atoms with Gasteiger partial charge in [-0.15, -0.1) is 11.3 Å². The topological polar surface area (TPSA) is 83.9 Å². The number of hydrogen-bond donors (Lipinski definition) is 0. The zero-order chi connectivity index (χ0) is 25.0. The van der Waals surface area contributed by atoms with Crippen LogP contribution in [0.4, 0.5) is 13.2 Å². The van der Waals surface area contributed by atoms with E-state index < -0.39 is 30.0 Å². The van der Waals surface area contributed by atoms with Crippen LogP contribution in [0.3, 0.4) is 0 Å². The third kappa shape index (κ3) is 3.69. The summed E-state index contributed by atoms with van der Waals surface area (Å²) in [6.45, 7) is -0.943. The Morgan fingerprint density at radius 2 is 1.94 bits per heavy atom. The van der Waals surface area contributed by atoms with Gasteiger partial charge in [0.05, 0.1) is 47.8 Å². The Hall–Kier alpha value is -3.64. The average Bonchev–Trinajstić information content (AvgIpc) is 3.42. The maximum Gasteiger partial charge on any atom is 0.336 e. The second kappa shape index (κ2) is 8.54. The number of aromatic nitrogens is 5. The van der Waals surface area contributed by atoms with E-state index in [0.717, 1.165) is 26.5 Å². The average molecular weight is 522 g/mol. The fourth-order valence-corrected chi connectivity index (χ4v) is 5.39. The summed E-state index contributed by atoms with van der Waals surface area (Å²) in [6.07, 6.45) is 1.47. The van der Waals surface area contributed by atoms with Gasteiger partial charge in [0.25, 0.3) is 12.0 Å². The Bertz CT molecular complexity index is 1740. The van der Waals surface area contributed by atoms with Gasteiger partial charge in [-0.3, -0.25) is 19.0 Å². The van der Waals surface area contributed by atoms with Crippen molar-refractivity contribution in [3.63, 3.8) is 0 Å². The van der Waals surface area contributed by atoms with Crippen molar-refractivity contribution >= 4 is 44.1 Å². The monoisotopic (exact) mass is 521 g/mol. The van der Waals surface area contributed by atoms with Crippen molar-refractivity contribution < 1.29 is 17.9 Å². The van der Waals surface area contributed by atoms with Crippen LogP contribution >= 0.6 is 22.9 Å². The summed E-state index contributed by atoms with van der Waals surface area (Å²) in [4.78, 5) is 31.4. The molecule has 0 spiro atoms. The second-order valence-corrected chi connectivity index (χ2v) is 9.04. The van der Waals surface area contributed by atoms with Crippen LogP contribution < -0.4 is 16.0 Å². The lowest BCUT2D eigenvalue weighted by Gasteiger charge is -2.12. The molecule has 0 radical (unpaired) electrons. The zero-order valence-electron chi connectivity index (χ0n) is 18.1. The van der Waals surface area contributed by atoms with Crippen LogP contribution in [0, 0.1) is 5.82 Å². The molecule has 0 fully saturated rings. The fraction of sp³-hybridized carbons (Fsp3) is 0.182. The molecular weight excluding hydrogens is 507 g/mol. The van der Waals surface area contributed by atoms with Gasteiger partial charge in [-0.2, -0.15) is 5.10 Å². The van der Waals surface area contributed by atoms with E-state index in [2.05, 4.69) is 10.1 Å². The minimum atomic E-state index is -2.87. The fourth-order valence-electron chi connectivity index (χ4n) is 3.96. The molecule has 35 heavy (non-hydrogen) atoms. The van der Waals surface area contributed by atoms with Crippen molar-refractivity contribution in [2.24, 2.45) is 7.05 Å². The Morgan fingerprint density at radius 1 is 1.17 bits per heavy atom. The highest BCUT2D eigenvalue weighted by molar-refractivity contribution is 7.22. The number of fused-ring (bicyclic) bond motifs is 2. The highest BCUT2D eigenvalue weighted by atomic mass is 35.5. The Kier molecular flexibility index (Phi) is 5.64. The molecule has 180 valence electrons. The van der Waals surface area contributed by atoms with Crippen LogP contribution in [0.2, 0.25) is 5.02 Å². The van der Waals surface area contributed by atoms with Gasteiger partial charge in [0, 0.05) is 29.1 Å². The number of benzene rings is 1. The molecule has 5 aromatic rings. The predicted octanol–water partition coefficient (Wildman–Crippen LogP) is 4.23. The van der Waals surface area contributed by atoms with Crippen molar-refractivity contribution in [1.29, 1.82) is 0 Å². The Morgan fingerprint density at radius 3 is 2.66 bits per heavy atom. The lowest BCUT2D eigenvalue weighted by atomic mass is 10.1. The van der Waals surface area contributed by atoms with E-state index >= 15 is 0 Å². The number of hydrogen-bond acceptors (Lipinski definition) is 6. The number of ether oxygens (including phenoxy) is 1. The number of rotatable bonds is 5. The van der Waals surface area contributed by atoms with Gasteiger partial charge in [-0.1, -0.05) is 11.6 Å². The molecule has 0 amide bonds. The van der Waals surface area contributed by atoms with E-state index in [1.807, 2.05) is 0 Å². The molecule has 0 unspecified atom stereocenters. The summed E-state index contributed by atoms with van der Waals surface area (Å²) in [5.74, 6) is -0.769. The maximum atomic E-state index is 14.0. The molecule has 0 saturated carbocycles. The summed E-state index contributed by atoms with van der Waals surface area (Å²) in [6, 6.07) is 3.81. The highest BCUT2D eigenvalue weighted by Gasteiger charge is 2.23. The summed E-state index contributed by atoms with van der Waals surface area (Å²) in [7, 11) is 2.91. The molecule has 1 aromatic carbocycles. The van der Waals surface area contributed by atoms with Gasteiger partial charge in [-0.25, -0.2) is 22.5 Å². The van der Waals surface area contributed by atoms with Gasteiger partial charge < -0.3 is 4.74 Å². The molecule has 5 rings (SSSR count). The van der Waals surface area contributed by atoms with Crippen LogP contribution in [0.25, 0.3) is 37.2 Å². The van der Waals surface area contributed by atoms with Crippen LogP contribution in [0.15, 0.2) is 46.4 Å². The van der Waals surface area contributed by atoms with Crippen molar-refractivity contribution in [3.8, 4) is 21.9 Å². The lowest BCUT2D eigenvalue weighted by molar-refractivity contribution is 0.126. The third-order valence-corrected chi connectivity index (χ3v) is 6.97. The first-order chi connectivity index (χ1) is 16.7. The summed E-state index contributed by atoms with van der Waals surface area (Å²) >= 11 is 7.18. The number of nitrogens with zero attached hydrogens (tertiary/aromatic N) is 5. The first-order valence-corrected chi connectivity index (χ1v) is 11.3. The number of aryl methyl sites for hydroxylation is 1. The summed E-state index contributed by atoms with van der Waals surface area (Å²) in [5.41, 5.74) is -0.786. The molecular formula is C22H15ClF3N5O3S. The van der Waals surface area contributed by atoms with Crippen molar-refractivity contribution in [3.05, 3.63) is 68.5 Å². The van der Waals surface area contributed by atoms with Crippen LogP contribution in [-0.4, -0.2) is 37.4 Å². The standard InChI is InChI=1S/C22H15ClF3N5O3S/c1-29-19-10(7-28-29)6-27-8-15(19)31-21(32)20-14(30(22(31)33)9-18(25)26)5-17(35-20)11-3-16(34-2)13(24)4-12(11)23/h3-8,18H,9H2,1-2H3. The van der Waals surface area contributed by atoms with E-state index in [4.69, 9.17) is 16.3 Å². The molecule has 0 saturated heterocycles. The number of halogens is 4. The van der Waals surface area contributed by atoms with Crippen LogP contribution in [-0.2, 0) is 13.6 Å². The Labute approximate surface area is 203 Å². The largest absolute Gasteiger partial charge is 0.494 e. The highest BCUT2D eigenvalue weighted by Crippen LogP contribution is 2.39. The van der Waals surface area contributed by atoms with Crippen molar-refractivity contribution in [2.75, 3.05) is 7.11 Å². The first kappa shape index (κ1) is 23.1. The summed E-state index contributed by atoms with van der Waals surface area (Å²) < 4.78 is 49.3. The minimum Gasteiger partial charge on any atom is -0.494 e. The molecule has 0 N–H and O–H groups in total. The number of alkyl halides is 2. The van der Waals surface area contributed by atoms with Crippen molar-refractivity contribution in [2.45, 2.75) is 13.0 Å². The van der Waals surface area contributed by atoms with E-state index in [1.54, 1.807) is 7.05 Å². The molecule has 0 aliphatic heterocycles. The minimum absolute atomic E-state index is 0.0149. The SMILES string of the molecule is COc1cc(-c2cc3c(s2)c(=O)n(-c2cncc4cnn(C)c24)c(=O)n3CC(F)F)c(Cl)cc1F. The van der Waals surface area contributed by atoms with Crippen molar-refractivity contribution in [1.82, 2.24) is 23.9 Å². The van der Waals surface area contributed by atoms with E-state index in [0.29, 0.717) is 21.3 Å². The molecule has 0 bridgehead atoms. The van der Waals surface area contributed by atoms with Crippen LogP contribution in [0.5, 0.6) is 5.75 Å². The normalized spacial score (nSPS) is 11.7. The third-order valence-electron chi connectivity index (χ3n) is 5.51. The molecule has 4 aromatic heterocycles. The smallest absolute Gasteiger partial charge is 0.336 e.